The molecule has 0 bridgehead atoms. The molecule has 1 unspecified atom stereocenters. The Morgan fingerprint density at radius 2 is 2.17 bits per heavy atom. The molecule has 1 fully saturated rings. The molecule has 0 aromatic carbocycles. The largest absolute Gasteiger partial charge is 0.0709 e. The van der Waals surface area contributed by atoms with Crippen molar-refractivity contribution < 1.29 is 0 Å². The standard InChI is InChI=1S/C5H11Si/c1-5-3-4-6(5)2/h5H,3-4H2,1-2H3. The highest BCUT2D eigenvalue weighted by atomic mass is 28.3. The number of hydrogen-bond acceptors (Lipinski definition) is 0. The summed E-state index contributed by atoms with van der Waals surface area (Å²) in [5.74, 6) is 0. The molecule has 0 saturated carbocycles. The van der Waals surface area contributed by atoms with Crippen LogP contribution in [-0.4, -0.2) is 8.80 Å². The third-order valence-electron chi connectivity index (χ3n) is 1.81. The summed E-state index contributed by atoms with van der Waals surface area (Å²) >= 11 is 0. The van der Waals surface area contributed by atoms with E-state index in [0.717, 1.165) is 5.54 Å². The van der Waals surface area contributed by atoms with Gasteiger partial charge in [-0.1, -0.05) is 31.5 Å². The average Bonchev–Trinajstić information content (AvgIpc) is 1.61. The Kier molecular flexibility index (Phi) is 1.00. The van der Waals surface area contributed by atoms with Crippen LogP contribution in [0.15, 0.2) is 0 Å². The summed E-state index contributed by atoms with van der Waals surface area (Å²) in [6.07, 6.45) is 1.52. The van der Waals surface area contributed by atoms with Crippen LogP contribution in [0, 0.1) is 0 Å². The summed E-state index contributed by atoms with van der Waals surface area (Å²) in [6.45, 7) is 4.80. The van der Waals surface area contributed by atoms with E-state index in [1.54, 1.807) is 6.04 Å². The fraction of sp³-hybridized carbons (Fsp3) is 1.00. The maximum atomic E-state index is 2.43. The van der Waals surface area contributed by atoms with Gasteiger partial charge in [0.15, 0.2) is 0 Å². The lowest BCUT2D eigenvalue weighted by molar-refractivity contribution is 0.762. The third-order valence-corrected chi connectivity index (χ3v) is 4.86. The van der Waals surface area contributed by atoms with Crippen LogP contribution < -0.4 is 0 Å². The van der Waals surface area contributed by atoms with E-state index in [1.165, 1.54) is 6.42 Å². The molecule has 1 heteroatoms. The summed E-state index contributed by atoms with van der Waals surface area (Å²) in [7, 11) is 0.229. The van der Waals surface area contributed by atoms with E-state index in [2.05, 4.69) is 13.5 Å². The molecule has 0 N–H and O–H groups in total. The van der Waals surface area contributed by atoms with Crippen molar-refractivity contribution in [3.63, 3.8) is 0 Å². The summed E-state index contributed by atoms with van der Waals surface area (Å²) in [6, 6.07) is 1.58. The minimum atomic E-state index is 0.229. The summed E-state index contributed by atoms with van der Waals surface area (Å²) in [4.78, 5) is 0. The fourth-order valence-corrected chi connectivity index (χ4v) is 2.17. The third kappa shape index (κ3) is 0.514. The topological polar surface area (TPSA) is 0 Å². The van der Waals surface area contributed by atoms with E-state index < -0.39 is 0 Å². The molecule has 0 aliphatic carbocycles. The summed E-state index contributed by atoms with van der Waals surface area (Å²) in [5.41, 5.74) is 1.13. The quantitative estimate of drug-likeness (QED) is 0.407. The normalized spacial score (nSPS) is 36.0. The van der Waals surface area contributed by atoms with Crippen molar-refractivity contribution in [2.45, 2.75) is 31.5 Å². The molecule has 1 saturated heterocycles. The molecule has 1 aliphatic heterocycles. The maximum absolute atomic E-state index is 2.43. The molecule has 1 rings (SSSR count). The van der Waals surface area contributed by atoms with Gasteiger partial charge < -0.3 is 0 Å². The van der Waals surface area contributed by atoms with Crippen LogP contribution in [0.25, 0.3) is 0 Å². The Morgan fingerprint density at radius 1 is 1.67 bits per heavy atom. The molecule has 0 aromatic rings. The molecule has 35 valence electrons. The second-order valence-electron chi connectivity index (χ2n) is 2.29. The molecule has 6 heavy (non-hydrogen) atoms. The minimum absolute atomic E-state index is 0.229. The van der Waals surface area contributed by atoms with Gasteiger partial charge in [0.25, 0.3) is 0 Å². The molecule has 0 nitrogen and oxygen atoms in total. The molecule has 1 atom stereocenters. The van der Waals surface area contributed by atoms with E-state index in [9.17, 15) is 0 Å². The van der Waals surface area contributed by atoms with E-state index in [1.807, 2.05) is 0 Å². The zero-order valence-electron chi connectivity index (χ0n) is 4.49. The van der Waals surface area contributed by atoms with Crippen LogP contribution in [-0.2, 0) is 0 Å². The predicted molar refractivity (Wildman–Crippen MR) is 30.5 cm³/mol. The van der Waals surface area contributed by atoms with E-state index >= 15 is 0 Å². The smallest absolute Gasteiger partial charge is 0.0476 e. The molecule has 1 heterocycles. The lowest BCUT2D eigenvalue weighted by atomic mass is 10.3. The molecule has 0 spiro atoms. The van der Waals surface area contributed by atoms with E-state index in [4.69, 9.17) is 0 Å². The maximum Gasteiger partial charge on any atom is 0.0476 e. The SMILES string of the molecule is CC1CC[Si]1C. The molecule has 0 aromatic heterocycles. The van der Waals surface area contributed by atoms with Gasteiger partial charge in [0.05, 0.1) is 0 Å². The Labute approximate surface area is 41.2 Å². The van der Waals surface area contributed by atoms with Crippen molar-refractivity contribution in [3.05, 3.63) is 0 Å². The zero-order valence-corrected chi connectivity index (χ0v) is 5.49. The molecular formula is C5H11Si. The summed E-state index contributed by atoms with van der Waals surface area (Å²) < 4.78 is 0. The highest BCUT2D eigenvalue weighted by Gasteiger charge is 2.22. The number of hydrogen-bond donors (Lipinski definition) is 0. The first kappa shape index (κ1) is 4.38. The second-order valence-corrected chi connectivity index (χ2v) is 5.46. The van der Waals surface area contributed by atoms with Gasteiger partial charge in [-0.05, 0) is 0 Å². The van der Waals surface area contributed by atoms with Crippen LogP contribution in [0.1, 0.15) is 13.3 Å². The van der Waals surface area contributed by atoms with Crippen LogP contribution >= 0.6 is 0 Å². The van der Waals surface area contributed by atoms with Gasteiger partial charge in [-0.25, -0.2) is 0 Å². The first-order chi connectivity index (χ1) is 2.80. The van der Waals surface area contributed by atoms with Gasteiger partial charge in [0, 0.05) is 8.80 Å². The number of rotatable bonds is 0. The van der Waals surface area contributed by atoms with Gasteiger partial charge in [-0.2, -0.15) is 0 Å². The Balaban J connectivity index is 2.20. The van der Waals surface area contributed by atoms with Gasteiger partial charge in [0.1, 0.15) is 0 Å². The highest BCUT2D eigenvalue weighted by Crippen LogP contribution is 2.31. The van der Waals surface area contributed by atoms with Crippen molar-refractivity contribution >= 4 is 8.80 Å². The Bertz CT molecular complexity index is 43.9. The molecule has 1 aliphatic rings. The van der Waals surface area contributed by atoms with Crippen molar-refractivity contribution in [3.8, 4) is 0 Å². The lowest BCUT2D eigenvalue weighted by Gasteiger charge is -2.27. The highest BCUT2D eigenvalue weighted by molar-refractivity contribution is 6.61. The Morgan fingerprint density at radius 3 is 2.17 bits per heavy atom. The zero-order chi connectivity index (χ0) is 4.57. The van der Waals surface area contributed by atoms with Crippen LogP contribution in [0.4, 0.5) is 0 Å². The Hall–Kier alpha value is 0.217. The van der Waals surface area contributed by atoms with Gasteiger partial charge in [0.2, 0.25) is 0 Å². The predicted octanol–water partition coefficient (Wildman–Crippen LogP) is 1.90. The fourth-order valence-electron chi connectivity index (χ4n) is 0.722. The summed E-state index contributed by atoms with van der Waals surface area (Å²) in [5, 5.41) is 0. The van der Waals surface area contributed by atoms with Gasteiger partial charge in [-0.15, -0.1) is 0 Å². The van der Waals surface area contributed by atoms with Crippen molar-refractivity contribution in [1.29, 1.82) is 0 Å². The first-order valence-corrected chi connectivity index (χ1v) is 4.91. The molecule has 0 amide bonds. The molecule has 1 radical (unpaired) electrons. The van der Waals surface area contributed by atoms with Crippen molar-refractivity contribution in [2.75, 3.05) is 0 Å². The monoisotopic (exact) mass is 99.1 g/mol. The van der Waals surface area contributed by atoms with Crippen LogP contribution in [0.3, 0.4) is 0 Å². The van der Waals surface area contributed by atoms with E-state index in [-0.39, 0.29) is 8.80 Å². The van der Waals surface area contributed by atoms with Crippen molar-refractivity contribution in [1.82, 2.24) is 0 Å². The lowest BCUT2D eigenvalue weighted by Crippen LogP contribution is -2.24. The minimum Gasteiger partial charge on any atom is -0.0709 e. The molecular weight excluding hydrogens is 88.1 g/mol. The van der Waals surface area contributed by atoms with Crippen molar-refractivity contribution in [2.24, 2.45) is 0 Å². The van der Waals surface area contributed by atoms with E-state index in [0.29, 0.717) is 0 Å². The first-order valence-electron chi connectivity index (χ1n) is 2.63. The van der Waals surface area contributed by atoms with Crippen LogP contribution in [0.2, 0.25) is 18.1 Å². The van der Waals surface area contributed by atoms with Crippen LogP contribution in [0.5, 0.6) is 0 Å². The van der Waals surface area contributed by atoms with Gasteiger partial charge in [-0.3, -0.25) is 0 Å². The van der Waals surface area contributed by atoms with Gasteiger partial charge >= 0.3 is 0 Å². The second kappa shape index (κ2) is 1.37. The average molecular weight is 99.2 g/mol.